The van der Waals surface area contributed by atoms with Gasteiger partial charge in [-0.2, -0.15) is 0 Å². The van der Waals surface area contributed by atoms with Crippen molar-refractivity contribution >= 4 is 11.6 Å². The number of nitro benzene ring substituents is 1. The Morgan fingerprint density at radius 2 is 2.05 bits per heavy atom. The van der Waals surface area contributed by atoms with E-state index >= 15 is 0 Å². The molecule has 1 amide bonds. The summed E-state index contributed by atoms with van der Waals surface area (Å²) in [6.07, 6.45) is 0. The second kappa shape index (κ2) is 7.03. The molecule has 0 radical (unpaired) electrons. The van der Waals surface area contributed by atoms with Gasteiger partial charge in [0.25, 0.3) is 5.69 Å². The van der Waals surface area contributed by atoms with Crippen LogP contribution in [0.25, 0.3) is 0 Å². The largest absolute Gasteiger partial charge is 0.496 e. The molecule has 0 aliphatic rings. The molecular formula is C14H21N3O4. The number of amides is 1. The molecule has 0 atom stereocenters. The van der Waals surface area contributed by atoms with Gasteiger partial charge in [0.1, 0.15) is 5.75 Å². The zero-order chi connectivity index (χ0) is 16.0. The van der Waals surface area contributed by atoms with Crippen LogP contribution in [0.2, 0.25) is 0 Å². The zero-order valence-corrected chi connectivity index (χ0v) is 12.7. The Balaban J connectivity index is 2.64. The summed E-state index contributed by atoms with van der Waals surface area (Å²) in [7, 11) is 1.50. The number of non-ortho nitro benzene ring substituents is 1. The number of hydrogen-bond donors (Lipinski definition) is 2. The maximum atomic E-state index is 11.7. The Bertz CT molecular complexity index is 523. The first-order valence-electron chi connectivity index (χ1n) is 6.56. The molecule has 116 valence electrons. The number of benzene rings is 1. The first kappa shape index (κ1) is 16.9. The fourth-order valence-corrected chi connectivity index (χ4v) is 1.79. The van der Waals surface area contributed by atoms with Crippen LogP contribution < -0.4 is 15.4 Å². The van der Waals surface area contributed by atoms with Crippen LogP contribution in [0.15, 0.2) is 18.2 Å². The van der Waals surface area contributed by atoms with Gasteiger partial charge in [-0.1, -0.05) is 0 Å². The fourth-order valence-electron chi connectivity index (χ4n) is 1.79. The molecule has 1 aromatic rings. The highest BCUT2D eigenvalue weighted by Gasteiger charge is 2.14. The average Bonchev–Trinajstić information content (AvgIpc) is 2.36. The van der Waals surface area contributed by atoms with Crippen LogP contribution in [0.3, 0.4) is 0 Å². The van der Waals surface area contributed by atoms with E-state index in [2.05, 4.69) is 10.6 Å². The van der Waals surface area contributed by atoms with Gasteiger partial charge in [-0.05, 0) is 26.8 Å². The molecule has 1 aromatic carbocycles. The molecule has 0 saturated carbocycles. The average molecular weight is 295 g/mol. The lowest BCUT2D eigenvalue weighted by atomic mass is 10.1. The van der Waals surface area contributed by atoms with Gasteiger partial charge >= 0.3 is 0 Å². The van der Waals surface area contributed by atoms with E-state index in [1.54, 1.807) is 6.07 Å². The predicted octanol–water partition coefficient (Wildman–Crippen LogP) is 1.61. The van der Waals surface area contributed by atoms with Gasteiger partial charge in [0.15, 0.2) is 0 Å². The van der Waals surface area contributed by atoms with Crippen LogP contribution >= 0.6 is 0 Å². The first-order valence-corrected chi connectivity index (χ1v) is 6.56. The van der Waals surface area contributed by atoms with E-state index in [9.17, 15) is 14.9 Å². The van der Waals surface area contributed by atoms with E-state index in [4.69, 9.17) is 4.74 Å². The Kier molecular flexibility index (Phi) is 5.66. The minimum atomic E-state index is -0.463. The van der Waals surface area contributed by atoms with Crippen molar-refractivity contribution in [2.75, 3.05) is 13.7 Å². The Morgan fingerprint density at radius 3 is 2.57 bits per heavy atom. The summed E-state index contributed by atoms with van der Waals surface area (Å²) in [4.78, 5) is 22.0. The summed E-state index contributed by atoms with van der Waals surface area (Å²) < 4.78 is 5.16. The standard InChI is InChI=1S/C14H21N3O4/c1-14(2,3)16-13(18)9-15-8-10-7-11(17(19)20)5-6-12(10)21-4/h5-7,15H,8-9H2,1-4H3,(H,16,18). The lowest BCUT2D eigenvalue weighted by Crippen LogP contribution is -2.44. The Labute approximate surface area is 123 Å². The van der Waals surface area contributed by atoms with Gasteiger partial charge < -0.3 is 15.4 Å². The fraction of sp³-hybridized carbons (Fsp3) is 0.500. The van der Waals surface area contributed by atoms with Gasteiger partial charge in [-0.15, -0.1) is 0 Å². The smallest absolute Gasteiger partial charge is 0.270 e. The van der Waals surface area contributed by atoms with Crippen LogP contribution in [0.1, 0.15) is 26.3 Å². The minimum absolute atomic E-state index is 0.00765. The van der Waals surface area contributed by atoms with Crippen molar-refractivity contribution in [3.8, 4) is 5.75 Å². The van der Waals surface area contributed by atoms with Gasteiger partial charge in [-0.3, -0.25) is 14.9 Å². The number of carbonyl (C=O) groups is 1. The quantitative estimate of drug-likeness (QED) is 0.614. The number of nitro groups is 1. The summed E-state index contributed by atoms with van der Waals surface area (Å²) in [5, 5.41) is 16.5. The highest BCUT2D eigenvalue weighted by atomic mass is 16.6. The molecule has 7 nitrogen and oxygen atoms in total. The summed E-state index contributed by atoms with van der Waals surface area (Å²) >= 11 is 0. The van der Waals surface area contributed by atoms with Crippen molar-refractivity contribution in [3.63, 3.8) is 0 Å². The van der Waals surface area contributed by atoms with E-state index in [-0.39, 0.29) is 23.7 Å². The summed E-state index contributed by atoms with van der Waals surface area (Å²) in [5.41, 5.74) is 0.337. The lowest BCUT2D eigenvalue weighted by molar-refractivity contribution is -0.384. The van der Waals surface area contributed by atoms with E-state index in [1.807, 2.05) is 20.8 Å². The molecular weight excluding hydrogens is 274 g/mol. The SMILES string of the molecule is COc1ccc([N+](=O)[O-])cc1CNCC(=O)NC(C)(C)C. The molecule has 1 rings (SSSR count). The third-order valence-corrected chi connectivity index (χ3v) is 2.59. The first-order chi connectivity index (χ1) is 9.73. The van der Waals surface area contributed by atoms with Gasteiger partial charge in [0.2, 0.25) is 5.91 Å². The van der Waals surface area contributed by atoms with E-state index in [0.29, 0.717) is 17.9 Å². The molecule has 0 unspecified atom stereocenters. The number of hydrogen-bond acceptors (Lipinski definition) is 5. The summed E-state index contributed by atoms with van der Waals surface area (Å²) in [6, 6.07) is 4.37. The van der Waals surface area contributed by atoms with Crippen molar-refractivity contribution < 1.29 is 14.5 Å². The van der Waals surface area contributed by atoms with Crippen LogP contribution in [-0.2, 0) is 11.3 Å². The molecule has 0 spiro atoms. The third kappa shape index (κ3) is 5.78. The van der Waals surface area contributed by atoms with E-state index in [0.717, 1.165) is 0 Å². The maximum Gasteiger partial charge on any atom is 0.270 e. The third-order valence-electron chi connectivity index (χ3n) is 2.59. The van der Waals surface area contributed by atoms with E-state index < -0.39 is 4.92 Å². The van der Waals surface area contributed by atoms with Crippen molar-refractivity contribution in [3.05, 3.63) is 33.9 Å². The van der Waals surface area contributed by atoms with Crippen LogP contribution in [0, 0.1) is 10.1 Å². The molecule has 0 aromatic heterocycles. The van der Waals surface area contributed by atoms with Crippen molar-refractivity contribution in [1.29, 1.82) is 0 Å². The van der Waals surface area contributed by atoms with Gasteiger partial charge in [-0.25, -0.2) is 0 Å². The molecule has 7 heteroatoms. The Hall–Kier alpha value is -2.15. The molecule has 0 bridgehead atoms. The number of carbonyl (C=O) groups excluding carboxylic acids is 1. The second-order valence-electron chi connectivity index (χ2n) is 5.65. The number of ether oxygens (including phenoxy) is 1. The van der Waals surface area contributed by atoms with Gasteiger partial charge in [0.05, 0.1) is 18.6 Å². The molecule has 0 aliphatic heterocycles. The number of rotatable bonds is 6. The Morgan fingerprint density at radius 1 is 1.38 bits per heavy atom. The molecule has 0 aliphatic carbocycles. The van der Waals surface area contributed by atoms with Crippen LogP contribution in [0.5, 0.6) is 5.75 Å². The van der Waals surface area contributed by atoms with Crippen molar-refractivity contribution in [1.82, 2.24) is 10.6 Å². The summed E-state index contributed by atoms with van der Waals surface area (Å²) in [5.74, 6) is 0.413. The van der Waals surface area contributed by atoms with E-state index in [1.165, 1.54) is 19.2 Å². The lowest BCUT2D eigenvalue weighted by Gasteiger charge is -2.20. The molecule has 0 heterocycles. The van der Waals surface area contributed by atoms with Crippen LogP contribution in [0.4, 0.5) is 5.69 Å². The van der Waals surface area contributed by atoms with Gasteiger partial charge in [0, 0.05) is 29.8 Å². The predicted molar refractivity (Wildman–Crippen MR) is 79.3 cm³/mol. The highest BCUT2D eigenvalue weighted by molar-refractivity contribution is 5.78. The zero-order valence-electron chi connectivity index (χ0n) is 12.7. The molecule has 21 heavy (non-hydrogen) atoms. The maximum absolute atomic E-state index is 11.7. The molecule has 0 saturated heterocycles. The monoisotopic (exact) mass is 295 g/mol. The van der Waals surface area contributed by atoms with Crippen LogP contribution in [-0.4, -0.2) is 30.0 Å². The topological polar surface area (TPSA) is 93.5 Å². The molecule has 0 fully saturated rings. The number of nitrogens with one attached hydrogen (secondary N) is 2. The molecule has 2 N–H and O–H groups in total. The van der Waals surface area contributed by atoms with Crippen molar-refractivity contribution in [2.24, 2.45) is 0 Å². The van der Waals surface area contributed by atoms with Crippen molar-refractivity contribution in [2.45, 2.75) is 32.9 Å². The second-order valence-corrected chi connectivity index (χ2v) is 5.65. The summed E-state index contributed by atoms with van der Waals surface area (Å²) in [6.45, 7) is 6.13. The number of nitrogens with zero attached hydrogens (tertiary/aromatic N) is 1. The minimum Gasteiger partial charge on any atom is -0.496 e. The number of methoxy groups -OCH3 is 1. The highest BCUT2D eigenvalue weighted by Crippen LogP contribution is 2.23. The normalized spacial score (nSPS) is 11.0.